The number of carboxylic acid groups (broad SMARTS) is 9. The van der Waals surface area contributed by atoms with Crippen LogP contribution < -0.4 is 380 Å². The molecule has 22 nitrogen and oxygen atoms in total. The maximum atomic E-state index is 10.1. The maximum Gasteiger partial charge on any atom is 1.00 e. The fourth-order valence-electron chi connectivity index (χ4n) is 0.684. The van der Waals surface area contributed by atoms with Gasteiger partial charge in [-0.15, -0.1) is 0 Å². The number of hydrogen-bond donors (Lipinski definition) is 5. The van der Waals surface area contributed by atoms with Crippen LogP contribution in [0.1, 0.15) is 12.8 Å². The van der Waals surface area contributed by atoms with Crippen molar-refractivity contribution in [3.63, 3.8) is 0 Å². The number of rotatable bonds is 5. The second-order valence-corrected chi connectivity index (χ2v) is 4.42. The van der Waals surface area contributed by atoms with Gasteiger partial charge in [-0.1, -0.05) is 0 Å². The quantitative estimate of drug-likeness (QED) is 0.0987. The SMILES string of the molecule is N.N.O=C(O)O.O=C([O-])CC(O)(CC(=O)[O-])C(=O)[O-].O=C([O-])[O-].O=C([O-])[O-].O=S(=O)([O-])[O-].[K+].[K+].[K+].[Na+].[Na+].[Na+].[Na+].[Na+].[Na+]. The van der Waals surface area contributed by atoms with E-state index in [0.29, 0.717) is 0 Å². The molecule has 0 saturated heterocycles. The molecule has 0 aliphatic heterocycles. The summed E-state index contributed by atoms with van der Waals surface area (Å²) in [4.78, 5) is 55.2. The van der Waals surface area contributed by atoms with Crippen LogP contribution in [-0.2, 0) is 24.8 Å². The van der Waals surface area contributed by atoms with Crippen LogP contribution in [0, 0.1) is 0 Å². The molecule has 0 aromatic rings. The predicted octanol–water partition coefficient (Wildman–Crippen LogP) is -37.9. The van der Waals surface area contributed by atoms with Gasteiger partial charge in [0, 0.05) is 35.2 Å². The van der Waals surface area contributed by atoms with E-state index in [9.17, 15) is 29.7 Å². The first-order valence-corrected chi connectivity index (χ1v) is 6.99. The average molecular weight is 756 g/mol. The smallest absolute Gasteiger partial charge is 0.759 e. The Labute approximate surface area is 493 Å². The predicted molar refractivity (Wildman–Crippen MR) is 71.2 cm³/mol. The van der Waals surface area contributed by atoms with Crippen LogP contribution in [0.25, 0.3) is 0 Å². The van der Waals surface area contributed by atoms with Crippen molar-refractivity contribution in [2.75, 3.05) is 0 Å². The van der Waals surface area contributed by atoms with Gasteiger partial charge in [-0.05, 0) is 12.3 Å². The van der Waals surface area contributed by atoms with Crippen molar-refractivity contribution in [1.82, 2.24) is 12.3 Å². The summed E-state index contributed by atoms with van der Waals surface area (Å²) in [5, 5.41) is 86.2. The number of carbonyl (C=O) groups is 6. The van der Waals surface area contributed by atoms with Gasteiger partial charge >= 0.3 is 338 Å². The Bertz CT molecular complexity index is 660. The van der Waals surface area contributed by atoms with Crippen LogP contribution >= 0.6 is 0 Å². The number of aliphatic hydroxyl groups is 1. The van der Waals surface area contributed by atoms with Crippen LogP contribution in [0.4, 0.5) is 14.4 Å². The normalized spacial score (nSPS) is 6.61. The molecule has 0 fully saturated rings. The minimum atomic E-state index is -5.17. The van der Waals surface area contributed by atoms with E-state index < -0.39 is 65.2 Å². The third kappa shape index (κ3) is 180. The second kappa shape index (κ2) is 65.3. The Morgan fingerprint density at radius 2 is 0.659 bits per heavy atom. The van der Waals surface area contributed by atoms with E-state index in [1.54, 1.807) is 0 Å². The van der Waals surface area contributed by atoms with Gasteiger partial charge in [-0.25, -0.2) is 4.79 Å². The van der Waals surface area contributed by atoms with E-state index in [-0.39, 0.29) is 344 Å². The van der Waals surface area contributed by atoms with Gasteiger partial charge in [-0.3, -0.25) is 8.42 Å². The van der Waals surface area contributed by atoms with E-state index in [0.717, 1.165) is 0 Å². The third-order valence-electron chi connectivity index (χ3n) is 1.25. The monoisotopic (exact) mass is 756 g/mol. The van der Waals surface area contributed by atoms with Gasteiger partial charge in [0.1, 0.15) is 5.60 Å². The number of carboxylic acids is 3. The van der Waals surface area contributed by atoms with Crippen LogP contribution in [-0.4, -0.2) is 74.8 Å². The van der Waals surface area contributed by atoms with Gasteiger partial charge in [0.05, 0.1) is 5.97 Å². The van der Waals surface area contributed by atoms with Gasteiger partial charge in [0.2, 0.25) is 0 Å². The molecular weight excluding hydrogens is 743 g/mol. The summed E-state index contributed by atoms with van der Waals surface area (Å²) in [6, 6.07) is 0. The molecule has 0 bridgehead atoms. The molecule has 9 N–H and O–H groups in total. The van der Waals surface area contributed by atoms with Gasteiger partial charge < -0.3 is 96.4 Å². The van der Waals surface area contributed by atoms with Crippen molar-refractivity contribution in [3.05, 3.63) is 0 Å². The van der Waals surface area contributed by atoms with Crippen LogP contribution in [0.3, 0.4) is 0 Å². The first-order valence-electron chi connectivity index (χ1n) is 5.66. The van der Waals surface area contributed by atoms with Gasteiger partial charge in [-0.2, -0.15) is 0 Å². The van der Waals surface area contributed by atoms with Crippen molar-refractivity contribution < 1.29 is 429 Å². The molecule has 0 heterocycles. The van der Waals surface area contributed by atoms with E-state index >= 15 is 0 Å². The summed E-state index contributed by atoms with van der Waals surface area (Å²) in [6.45, 7) is 0. The molecular formula is C9H13K3N2Na6O20S. The van der Waals surface area contributed by atoms with Crippen LogP contribution in [0.5, 0.6) is 0 Å². The van der Waals surface area contributed by atoms with Gasteiger partial charge in [0.15, 0.2) is 0 Å². The standard InChI is InChI=1S/C6H8O7.3CH2O3.3K.2H3N.6Na.H2O4S/c7-3(8)1-6(13,5(11)12)2-4(9)10;3*2-1(3)4;;;;;;;;;;;;1-5(2,3)4/h13H,1-2H2,(H,7,8)(H,9,10)(H,11,12);3*(H2,2,3,4);;;;2*1H3;;;;;;;(H2,1,2,3,4)/q;;;;3*+1;;;6*+1;/p-9. The Hall–Kier alpha value is 6.88. The molecule has 0 aromatic heterocycles. The summed E-state index contributed by atoms with van der Waals surface area (Å²) < 4.78 is 34.1. The molecule has 0 rings (SSSR count). The minimum Gasteiger partial charge on any atom is -0.759 e. The maximum absolute atomic E-state index is 10.1. The molecule has 0 saturated carbocycles. The molecule has 194 valence electrons. The molecule has 0 spiro atoms. The molecule has 32 heteroatoms. The minimum absolute atomic E-state index is 0. The molecule has 0 radical (unpaired) electrons. The fraction of sp³-hybridized carbons (Fsp3) is 0.333. The first kappa shape index (κ1) is 104. The van der Waals surface area contributed by atoms with Gasteiger partial charge in [0.25, 0.3) is 0 Å². The fourth-order valence-corrected chi connectivity index (χ4v) is 0.684. The third-order valence-corrected chi connectivity index (χ3v) is 1.25. The molecule has 0 amide bonds. The van der Waals surface area contributed by atoms with E-state index in [2.05, 4.69) is 0 Å². The largest absolute Gasteiger partial charge is 1.00 e. The number of aliphatic carboxylic acids is 3. The van der Waals surface area contributed by atoms with Crippen LogP contribution in [0.15, 0.2) is 0 Å². The summed E-state index contributed by atoms with van der Waals surface area (Å²) in [5.41, 5.74) is -2.97. The zero-order valence-electron chi connectivity index (χ0n) is 24.0. The van der Waals surface area contributed by atoms with Crippen molar-refractivity contribution >= 4 is 46.8 Å². The van der Waals surface area contributed by atoms with Crippen molar-refractivity contribution in [3.8, 4) is 0 Å². The van der Waals surface area contributed by atoms with Crippen molar-refractivity contribution in [2.45, 2.75) is 18.4 Å². The van der Waals surface area contributed by atoms with E-state index in [1.807, 2.05) is 0 Å². The Balaban J connectivity index is -0.0000000140. The number of hydrogen-bond acceptors (Lipinski definition) is 20. The summed E-state index contributed by atoms with van der Waals surface area (Å²) in [7, 11) is -5.17. The molecule has 0 unspecified atom stereocenters. The van der Waals surface area contributed by atoms with Crippen molar-refractivity contribution in [2.24, 2.45) is 0 Å². The molecule has 0 aliphatic carbocycles. The zero-order chi connectivity index (χ0) is 25.9. The summed E-state index contributed by atoms with van der Waals surface area (Å²) in [6.07, 6.45) is -9.22. The second-order valence-electron chi connectivity index (χ2n) is 3.61. The molecule has 0 aromatic carbocycles. The van der Waals surface area contributed by atoms with E-state index in [1.165, 1.54) is 0 Å². The Morgan fingerprint density at radius 1 is 0.561 bits per heavy atom. The average Bonchev–Trinajstić information content (AvgIpc) is 2.31. The topological polar surface area (TPSA) is 475 Å². The van der Waals surface area contributed by atoms with E-state index in [4.69, 9.17) is 67.7 Å². The number of carbonyl (C=O) groups excluding carboxylic acids is 5. The Morgan fingerprint density at radius 3 is 0.707 bits per heavy atom. The zero-order valence-corrected chi connectivity index (χ0v) is 46.2. The molecule has 41 heavy (non-hydrogen) atoms. The Kier molecular flexibility index (Phi) is 165. The molecule has 0 atom stereocenters. The van der Waals surface area contributed by atoms with Crippen LogP contribution in [0.2, 0.25) is 0 Å². The van der Waals surface area contributed by atoms with Crippen molar-refractivity contribution in [1.29, 1.82) is 0 Å². The first-order chi connectivity index (χ1) is 13.0. The molecule has 0 aliphatic rings. The summed E-state index contributed by atoms with van der Waals surface area (Å²) >= 11 is 0. The summed E-state index contributed by atoms with van der Waals surface area (Å²) in [5.74, 6) is -5.98.